The van der Waals surface area contributed by atoms with Gasteiger partial charge in [0, 0.05) is 46.9 Å². The predicted molar refractivity (Wildman–Crippen MR) is 138 cm³/mol. The van der Waals surface area contributed by atoms with Gasteiger partial charge in [0.25, 0.3) is 0 Å². The number of methoxy groups -OCH3 is 1. The average molecular weight is 536 g/mol. The van der Waals surface area contributed by atoms with Crippen molar-refractivity contribution in [2.75, 3.05) is 31.8 Å². The van der Waals surface area contributed by atoms with Gasteiger partial charge in [0.1, 0.15) is 24.2 Å². The molecule has 0 saturated heterocycles. The van der Waals surface area contributed by atoms with Gasteiger partial charge < -0.3 is 29.7 Å². The molecule has 2 atom stereocenters. The van der Waals surface area contributed by atoms with Crippen LogP contribution in [0.3, 0.4) is 0 Å². The SMILES string of the molecule is COc1ccccc1SC[C@H](CN[C@@H]1COc2ccccc2SC1)OC(C)=O.O=C(O)/C=C\C(=O)O. The lowest BCUT2D eigenvalue weighted by atomic mass is 10.3. The van der Waals surface area contributed by atoms with Gasteiger partial charge in [0.15, 0.2) is 0 Å². The maximum absolute atomic E-state index is 11.5. The van der Waals surface area contributed by atoms with E-state index >= 15 is 0 Å². The molecular weight excluding hydrogens is 506 g/mol. The summed E-state index contributed by atoms with van der Waals surface area (Å²) in [6.45, 7) is 2.62. The zero-order valence-corrected chi connectivity index (χ0v) is 21.6. The Morgan fingerprint density at radius 2 is 1.81 bits per heavy atom. The molecule has 0 bridgehead atoms. The lowest BCUT2D eigenvalue weighted by Crippen LogP contribution is -2.42. The molecule has 1 aliphatic rings. The third kappa shape index (κ3) is 11.1. The Labute approximate surface area is 218 Å². The van der Waals surface area contributed by atoms with Crippen LogP contribution in [0.15, 0.2) is 70.5 Å². The summed E-state index contributed by atoms with van der Waals surface area (Å²) in [4.78, 5) is 32.8. The zero-order chi connectivity index (χ0) is 26.3. The highest BCUT2D eigenvalue weighted by atomic mass is 32.2. The summed E-state index contributed by atoms with van der Waals surface area (Å²) in [5.74, 6) is 0.525. The molecule has 0 fully saturated rings. The van der Waals surface area contributed by atoms with E-state index in [2.05, 4.69) is 11.4 Å². The molecule has 9 nitrogen and oxygen atoms in total. The number of hydrogen-bond acceptors (Lipinski definition) is 9. The third-order valence-electron chi connectivity index (χ3n) is 4.56. The second kappa shape index (κ2) is 15.8. The number of benzene rings is 2. The van der Waals surface area contributed by atoms with E-state index in [1.54, 1.807) is 30.6 Å². The predicted octanol–water partition coefficient (Wildman–Crippen LogP) is 3.57. The largest absolute Gasteiger partial charge is 0.496 e. The van der Waals surface area contributed by atoms with E-state index in [0.29, 0.717) is 31.1 Å². The first kappa shape index (κ1) is 29.1. The molecule has 1 heterocycles. The van der Waals surface area contributed by atoms with Crippen LogP contribution in [-0.2, 0) is 19.1 Å². The molecule has 0 saturated carbocycles. The van der Waals surface area contributed by atoms with Crippen LogP contribution >= 0.6 is 23.5 Å². The topological polar surface area (TPSA) is 131 Å². The summed E-state index contributed by atoms with van der Waals surface area (Å²) < 4.78 is 16.8. The van der Waals surface area contributed by atoms with Crippen molar-refractivity contribution in [2.24, 2.45) is 0 Å². The Morgan fingerprint density at radius 3 is 2.47 bits per heavy atom. The fourth-order valence-corrected chi connectivity index (χ4v) is 5.02. The normalized spacial score (nSPS) is 15.3. The van der Waals surface area contributed by atoms with Gasteiger partial charge in [-0.25, -0.2) is 9.59 Å². The van der Waals surface area contributed by atoms with Gasteiger partial charge in [-0.3, -0.25) is 4.79 Å². The minimum atomic E-state index is -1.26. The molecule has 0 unspecified atom stereocenters. The molecule has 0 spiro atoms. The van der Waals surface area contributed by atoms with Gasteiger partial charge >= 0.3 is 17.9 Å². The molecule has 1 aliphatic heterocycles. The first-order valence-electron chi connectivity index (χ1n) is 10.9. The molecule has 11 heteroatoms. The summed E-state index contributed by atoms with van der Waals surface area (Å²) in [6, 6.07) is 16.1. The number of esters is 1. The van der Waals surface area contributed by atoms with Crippen molar-refractivity contribution in [3.63, 3.8) is 0 Å². The average Bonchev–Trinajstić information content (AvgIpc) is 3.07. The highest BCUT2D eigenvalue weighted by Crippen LogP contribution is 2.32. The van der Waals surface area contributed by atoms with Crippen LogP contribution in [0.5, 0.6) is 11.5 Å². The number of hydrogen-bond donors (Lipinski definition) is 3. The Bertz CT molecular complexity index is 1000. The number of para-hydroxylation sites is 2. The molecule has 0 radical (unpaired) electrons. The number of ether oxygens (including phenoxy) is 3. The number of rotatable bonds is 10. The van der Waals surface area contributed by atoms with Gasteiger partial charge in [0.2, 0.25) is 0 Å². The van der Waals surface area contributed by atoms with Crippen LogP contribution in [0.25, 0.3) is 0 Å². The van der Waals surface area contributed by atoms with Crippen molar-refractivity contribution in [3.05, 3.63) is 60.7 Å². The van der Waals surface area contributed by atoms with E-state index in [-0.39, 0.29) is 18.1 Å². The molecule has 194 valence electrons. The van der Waals surface area contributed by atoms with Crippen LogP contribution in [0, 0.1) is 0 Å². The summed E-state index contributed by atoms with van der Waals surface area (Å²) in [5, 5.41) is 19.1. The van der Waals surface area contributed by atoms with E-state index in [4.69, 9.17) is 24.4 Å². The Kier molecular flexibility index (Phi) is 12.7. The van der Waals surface area contributed by atoms with E-state index < -0.39 is 11.9 Å². The summed E-state index contributed by atoms with van der Waals surface area (Å²) in [6.07, 6.45) is 0.882. The van der Waals surface area contributed by atoms with Gasteiger partial charge in [-0.05, 0) is 24.3 Å². The van der Waals surface area contributed by atoms with E-state index in [9.17, 15) is 14.4 Å². The standard InChI is InChI=1S/C21H25NO4S2.C4H4O4/c1-15(23)26-17(14-28-20-9-5-3-7-18(20)24-2)11-22-16-12-25-19-8-4-6-10-21(19)27-13-16;5-3(6)1-2-4(7)8/h3-10,16-17,22H,11-14H2,1-2H3;1-2H,(H,5,6)(H,7,8)/b;2-1-/t16-,17+;/m1./s1. The lowest BCUT2D eigenvalue weighted by molar-refractivity contribution is -0.145. The first-order valence-corrected chi connectivity index (χ1v) is 12.9. The molecular formula is C25H29NO8S2. The number of carbonyl (C=O) groups excluding carboxylic acids is 1. The molecule has 3 N–H and O–H groups in total. The zero-order valence-electron chi connectivity index (χ0n) is 19.9. The van der Waals surface area contributed by atoms with Crippen molar-refractivity contribution in [3.8, 4) is 11.5 Å². The Morgan fingerprint density at radius 1 is 1.14 bits per heavy atom. The van der Waals surface area contributed by atoms with Crippen molar-refractivity contribution in [2.45, 2.75) is 28.9 Å². The van der Waals surface area contributed by atoms with Gasteiger partial charge in [0.05, 0.1) is 13.2 Å². The number of carboxylic acids is 2. The lowest BCUT2D eigenvalue weighted by Gasteiger charge is -2.21. The van der Waals surface area contributed by atoms with Crippen LogP contribution in [0.4, 0.5) is 0 Å². The van der Waals surface area contributed by atoms with Gasteiger partial charge in [-0.1, -0.05) is 24.3 Å². The number of fused-ring (bicyclic) bond motifs is 1. The molecule has 0 aliphatic carbocycles. The third-order valence-corrected chi connectivity index (χ3v) is 6.96. The number of carbonyl (C=O) groups is 3. The second-order valence-corrected chi connectivity index (χ2v) is 9.50. The minimum Gasteiger partial charge on any atom is -0.496 e. The summed E-state index contributed by atoms with van der Waals surface area (Å²) in [5.41, 5.74) is 0. The molecule has 0 amide bonds. The van der Waals surface area contributed by atoms with Crippen molar-refractivity contribution >= 4 is 41.4 Å². The molecule has 3 rings (SSSR count). The van der Waals surface area contributed by atoms with Crippen molar-refractivity contribution < 1.29 is 38.8 Å². The quantitative estimate of drug-likeness (QED) is 0.234. The van der Waals surface area contributed by atoms with Crippen molar-refractivity contribution in [1.29, 1.82) is 0 Å². The van der Waals surface area contributed by atoms with Gasteiger partial charge in [-0.2, -0.15) is 0 Å². The monoisotopic (exact) mass is 535 g/mol. The highest BCUT2D eigenvalue weighted by molar-refractivity contribution is 7.99. The number of thioether (sulfide) groups is 2. The van der Waals surface area contributed by atoms with E-state index in [1.807, 2.05) is 42.5 Å². The van der Waals surface area contributed by atoms with Crippen molar-refractivity contribution in [1.82, 2.24) is 5.32 Å². The second-order valence-electron chi connectivity index (χ2n) is 7.38. The highest BCUT2D eigenvalue weighted by Gasteiger charge is 2.20. The molecule has 0 aromatic heterocycles. The van der Waals surface area contributed by atoms with Crippen LogP contribution < -0.4 is 14.8 Å². The fourth-order valence-electron chi connectivity index (χ4n) is 2.97. The van der Waals surface area contributed by atoms with E-state index in [1.165, 1.54) is 6.92 Å². The van der Waals surface area contributed by atoms with E-state index in [0.717, 1.165) is 27.0 Å². The molecule has 2 aromatic rings. The smallest absolute Gasteiger partial charge is 0.328 e. The van der Waals surface area contributed by atoms with Gasteiger partial charge in [-0.15, -0.1) is 23.5 Å². The molecule has 36 heavy (non-hydrogen) atoms. The number of carboxylic acid groups (broad SMARTS) is 2. The Hall–Kier alpha value is -3.15. The fraction of sp³-hybridized carbons (Fsp3) is 0.320. The minimum absolute atomic E-state index is 0.187. The maximum atomic E-state index is 11.5. The van der Waals surface area contributed by atoms with Crippen LogP contribution in [0.2, 0.25) is 0 Å². The summed E-state index contributed by atoms with van der Waals surface area (Å²) >= 11 is 3.40. The molecule has 2 aromatic carbocycles. The van der Waals surface area contributed by atoms with Crippen LogP contribution in [0.1, 0.15) is 6.92 Å². The Balaban J connectivity index is 0.000000493. The first-order chi connectivity index (χ1) is 17.3. The maximum Gasteiger partial charge on any atom is 0.328 e. The number of aliphatic carboxylic acids is 2. The number of nitrogens with one attached hydrogen (secondary N) is 1. The van der Waals surface area contributed by atoms with Crippen LogP contribution in [-0.4, -0.2) is 72.0 Å². The summed E-state index contributed by atoms with van der Waals surface area (Å²) in [7, 11) is 1.66.